The van der Waals surface area contributed by atoms with Crippen molar-refractivity contribution in [1.29, 1.82) is 0 Å². The first-order valence-electron chi connectivity index (χ1n) is 7.62. The highest BCUT2D eigenvalue weighted by Gasteiger charge is 2.40. The lowest BCUT2D eigenvalue weighted by Crippen LogP contribution is -2.54. The Kier molecular flexibility index (Phi) is 4.51. The first kappa shape index (κ1) is 14.8. The van der Waals surface area contributed by atoms with Crippen LogP contribution in [-0.2, 0) is 4.79 Å². The van der Waals surface area contributed by atoms with E-state index >= 15 is 0 Å². The second-order valence-electron chi connectivity index (χ2n) is 6.85. The average molecular weight is 268 g/mol. The third-order valence-corrected chi connectivity index (χ3v) is 4.80. The summed E-state index contributed by atoms with van der Waals surface area (Å²) in [7, 11) is 2.13. The molecule has 0 spiro atoms. The number of nitrogens with one attached hydrogen (secondary N) is 1. The molecule has 4 heteroatoms. The molecule has 2 aliphatic rings. The topological polar surface area (TPSA) is 52.6 Å². The number of rotatable bonds is 8. The smallest absolute Gasteiger partial charge is 0.323 e. The maximum atomic E-state index is 11.6. The third-order valence-electron chi connectivity index (χ3n) is 4.80. The Labute approximate surface area is 116 Å². The number of carbonyl (C=O) groups is 1. The van der Waals surface area contributed by atoms with Gasteiger partial charge < -0.3 is 10.0 Å². The largest absolute Gasteiger partial charge is 0.480 e. The number of hydrogen-bond donors (Lipinski definition) is 2. The summed E-state index contributed by atoms with van der Waals surface area (Å²) in [5.41, 5.74) is -0.783. The lowest BCUT2D eigenvalue weighted by atomic mass is 9.84. The van der Waals surface area contributed by atoms with E-state index in [4.69, 9.17) is 0 Å². The molecule has 2 unspecified atom stereocenters. The lowest BCUT2D eigenvalue weighted by molar-refractivity contribution is -0.145. The van der Waals surface area contributed by atoms with Crippen molar-refractivity contribution < 1.29 is 9.90 Å². The van der Waals surface area contributed by atoms with Crippen LogP contribution in [-0.4, -0.2) is 47.2 Å². The molecule has 0 aromatic carbocycles. The maximum Gasteiger partial charge on any atom is 0.323 e. The molecule has 0 saturated heterocycles. The lowest BCUT2D eigenvalue weighted by Gasteiger charge is -2.37. The Bertz CT molecular complexity index is 326. The third kappa shape index (κ3) is 3.93. The first-order valence-corrected chi connectivity index (χ1v) is 7.62. The minimum atomic E-state index is -0.783. The molecule has 2 atom stereocenters. The summed E-state index contributed by atoms with van der Waals surface area (Å²) in [5.74, 6) is 0.114. The molecule has 2 fully saturated rings. The quantitative estimate of drug-likeness (QED) is 0.708. The van der Waals surface area contributed by atoms with Gasteiger partial charge >= 0.3 is 5.97 Å². The van der Waals surface area contributed by atoms with Crippen molar-refractivity contribution in [1.82, 2.24) is 10.2 Å². The monoisotopic (exact) mass is 268 g/mol. The predicted octanol–water partition coefficient (Wildman–Crippen LogP) is 2.09. The molecule has 0 amide bonds. The summed E-state index contributed by atoms with van der Waals surface area (Å²) in [4.78, 5) is 13.9. The van der Waals surface area contributed by atoms with Crippen LogP contribution in [0.25, 0.3) is 0 Å². The minimum Gasteiger partial charge on any atom is -0.480 e. The summed E-state index contributed by atoms with van der Waals surface area (Å²) in [6.07, 6.45) is 6.95. The van der Waals surface area contributed by atoms with Gasteiger partial charge in [0.2, 0.25) is 0 Å². The second-order valence-corrected chi connectivity index (χ2v) is 6.85. The van der Waals surface area contributed by atoms with Crippen molar-refractivity contribution in [3.05, 3.63) is 0 Å². The Morgan fingerprint density at radius 2 is 2.05 bits per heavy atom. The van der Waals surface area contributed by atoms with E-state index in [1.807, 2.05) is 6.92 Å². The molecule has 0 aliphatic heterocycles. The Hall–Kier alpha value is -0.610. The van der Waals surface area contributed by atoms with Crippen LogP contribution in [0.1, 0.15) is 52.4 Å². The number of carboxylic acid groups (broad SMARTS) is 1. The normalized spacial score (nSPS) is 24.8. The van der Waals surface area contributed by atoms with Crippen LogP contribution in [0.2, 0.25) is 0 Å². The zero-order valence-corrected chi connectivity index (χ0v) is 12.5. The zero-order chi connectivity index (χ0) is 14.0. The van der Waals surface area contributed by atoms with Gasteiger partial charge in [-0.2, -0.15) is 0 Å². The van der Waals surface area contributed by atoms with Crippen LogP contribution in [0.15, 0.2) is 0 Å². The minimum absolute atomic E-state index is 0.299. The fourth-order valence-electron chi connectivity index (χ4n) is 2.90. The van der Waals surface area contributed by atoms with Crippen molar-refractivity contribution >= 4 is 5.97 Å². The van der Waals surface area contributed by atoms with Gasteiger partial charge in [0, 0.05) is 18.6 Å². The Morgan fingerprint density at radius 1 is 1.42 bits per heavy atom. The molecule has 4 nitrogen and oxygen atoms in total. The van der Waals surface area contributed by atoms with Crippen LogP contribution in [0.5, 0.6) is 0 Å². The van der Waals surface area contributed by atoms with Crippen molar-refractivity contribution in [3.8, 4) is 0 Å². The van der Waals surface area contributed by atoms with Gasteiger partial charge in [0.25, 0.3) is 0 Å². The van der Waals surface area contributed by atoms with E-state index in [1.165, 1.54) is 19.3 Å². The van der Waals surface area contributed by atoms with E-state index in [2.05, 4.69) is 24.2 Å². The van der Waals surface area contributed by atoms with Crippen molar-refractivity contribution in [2.24, 2.45) is 5.92 Å². The molecule has 110 valence electrons. The van der Waals surface area contributed by atoms with Crippen LogP contribution in [0.4, 0.5) is 0 Å². The fraction of sp³-hybridized carbons (Fsp3) is 0.933. The summed E-state index contributed by atoms with van der Waals surface area (Å²) in [6.45, 7) is 5.09. The standard InChI is InChI=1S/C15H28N2O2/c1-11(17(3)10-12-5-4-6-12)9-15(2,14(18)19)16-13-7-8-13/h11-13,16H,4-10H2,1-3H3,(H,18,19). The second kappa shape index (κ2) is 5.80. The Morgan fingerprint density at radius 3 is 2.47 bits per heavy atom. The van der Waals surface area contributed by atoms with Gasteiger partial charge in [-0.1, -0.05) is 6.42 Å². The van der Waals surface area contributed by atoms with E-state index in [0.29, 0.717) is 18.5 Å². The van der Waals surface area contributed by atoms with Crippen LogP contribution < -0.4 is 5.32 Å². The molecule has 0 aromatic heterocycles. The number of aliphatic carboxylic acids is 1. The summed E-state index contributed by atoms with van der Waals surface area (Å²) in [5, 5.41) is 12.8. The number of hydrogen-bond acceptors (Lipinski definition) is 3. The van der Waals surface area contributed by atoms with Crippen LogP contribution in [0.3, 0.4) is 0 Å². The van der Waals surface area contributed by atoms with Crippen molar-refractivity contribution in [2.45, 2.75) is 70.0 Å². The van der Waals surface area contributed by atoms with Gasteiger partial charge in [-0.05, 0) is 58.9 Å². The highest BCUT2D eigenvalue weighted by atomic mass is 16.4. The van der Waals surface area contributed by atoms with Crippen LogP contribution >= 0.6 is 0 Å². The zero-order valence-electron chi connectivity index (χ0n) is 12.5. The number of carboxylic acids is 1. The van der Waals surface area contributed by atoms with Gasteiger partial charge in [0.15, 0.2) is 0 Å². The SMILES string of the molecule is CC(CC(C)(NC1CC1)C(=O)O)N(C)CC1CCC1. The molecule has 19 heavy (non-hydrogen) atoms. The Balaban J connectivity index is 1.85. The van der Waals surface area contributed by atoms with Gasteiger partial charge in [0.1, 0.15) is 5.54 Å². The molecule has 2 aliphatic carbocycles. The molecule has 0 aromatic rings. The molecule has 2 saturated carbocycles. The highest BCUT2D eigenvalue weighted by Crippen LogP contribution is 2.29. The van der Waals surface area contributed by atoms with E-state index in [1.54, 1.807) is 0 Å². The molecule has 2 N–H and O–H groups in total. The van der Waals surface area contributed by atoms with Gasteiger partial charge in [-0.25, -0.2) is 0 Å². The van der Waals surface area contributed by atoms with E-state index < -0.39 is 11.5 Å². The highest BCUT2D eigenvalue weighted by molar-refractivity contribution is 5.78. The molecular weight excluding hydrogens is 240 g/mol. The molecule has 2 rings (SSSR count). The van der Waals surface area contributed by atoms with E-state index in [0.717, 1.165) is 25.3 Å². The van der Waals surface area contributed by atoms with Gasteiger partial charge in [0.05, 0.1) is 0 Å². The fourth-order valence-corrected chi connectivity index (χ4v) is 2.90. The first-order chi connectivity index (χ1) is 8.90. The van der Waals surface area contributed by atoms with Crippen molar-refractivity contribution in [3.63, 3.8) is 0 Å². The summed E-state index contributed by atoms with van der Waals surface area (Å²) in [6, 6.07) is 0.721. The summed E-state index contributed by atoms with van der Waals surface area (Å²) >= 11 is 0. The molecule has 0 bridgehead atoms. The molecule has 0 radical (unpaired) electrons. The van der Waals surface area contributed by atoms with Crippen LogP contribution in [0, 0.1) is 5.92 Å². The van der Waals surface area contributed by atoms with E-state index in [9.17, 15) is 9.90 Å². The molecular formula is C15H28N2O2. The van der Waals surface area contributed by atoms with Gasteiger partial charge in [-0.15, -0.1) is 0 Å². The summed E-state index contributed by atoms with van der Waals surface area (Å²) < 4.78 is 0. The van der Waals surface area contributed by atoms with Gasteiger partial charge in [-0.3, -0.25) is 10.1 Å². The molecule has 0 heterocycles. The number of nitrogens with zero attached hydrogens (tertiary/aromatic N) is 1. The van der Waals surface area contributed by atoms with Crippen molar-refractivity contribution in [2.75, 3.05) is 13.6 Å². The average Bonchev–Trinajstić information content (AvgIpc) is 3.06. The predicted molar refractivity (Wildman–Crippen MR) is 76.2 cm³/mol. The van der Waals surface area contributed by atoms with E-state index in [-0.39, 0.29) is 0 Å². The maximum absolute atomic E-state index is 11.6.